The zero-order valence-corrected chi connectivity index (χ0v) is 14.2. The normalized spacial score (nSPS) is 26.9. The fraction of sp³-hybridized carbons (Fsp3) is 0.765. The van der Waals surface area contributed by atoms with E-state index in [-0.39, 0.29) is 0 Å². The highest BCUT2D eigenvalue weighted by Crippen LogP contribution is 2.31. The third-order valence-electron chi connectivity index (χ3n) is 4.23. The van der Waals surface area contributed by atoms with Crippen LogP contribution in [0.5, 0.6) is 0 Å². The summed E-state index contributed by atoms with van der Waals surface area (Å²) in [7, 11) is 0. The molecule has 0 spiro atoms. The molecule has 2 nitrogen and oxygen atoms in total. The van der Waals surface area contributed by atoms with Crippen LogP contribution in [-0.2, 0) is 17.9 Å². The zero-order chi connectivity index (χ0) is 14.5. The van der Waals surface area contributed by atoms with Crippen molar-refractivity contribution in [2.75, 3.05) is 6.54 Å². The first-order valence-electron chi connectivity index (χ1n) is 7.99. The van der Waals surface area contributed by atoms with Crippen molar-refractivity contribution in [2.45, 2.75) is 66.2 Å². The Morgan fingerprint density at radius 3 is 2.60 bits per heavy atom. The third-order valence-corrected chi connectivity index (χ3v) is 5.32. The monoisotopic (exact) mass is 295 g/mol. The Morgan fingerprint density at radius 2 is 1.95 bits per heavy atom. The number of hydrogen-bond acceptors (Lipinski definition) is 3. The molecule has 1 N–H and O–H groups in total. The first-order chi connectivity index (χ1) is 9.58. The second-order valence-electron chi connectivity index (χ2n) is 6.42. The number of rotatable bonds is 6. The van der Waals surface area contributed by atoms with Crippen LogP contribution in [-0.4, -0.2) is 12.6 Å². The predicted molar refractivity (Wildman–Crippen MR) is 87.2 cm³/mol. The van der Waals surface area contributed by atoms with Crippen LogP contribution >= 0.6 is 11.3 Å². The fourth-order valence-corrected chi connectivity index (χ4v) is 4.30. The van der Waals surface area contributed by atoms with Gasteiger partial charge < -0.3 is 10.1 Å². The lowest BCUT2D eigenvalue weighted by Crippen LogP contribution is -2.26. The molecule has 114 valence electrons. The Bertz CT molecular complexity index is 405. The predicted octanol–water partition coefficient (Wildman–Crippen LogP) is 4.51. The Hall–Kier alpha value is -0.380. The van der Waals surface area contributed by atoms with Crippen molar-refractivity contribution in [3.05, 3.63) is 21.4 Å². The Balaban J connectivity index is 1.85. The van der Waals surface area contributed by atoms with E-state index in [1.54, 1.807) is 0 Å². The highest BCUT2D eigenvalue weighted by Gasteiger charge is 2.24. The maximum Gasteiger partial charge on any atom is 0.0731 e. The molecule has 0 aromatic carbocycles. The van der Waals surface area contributed by atoms with Gasteiger partial charge in [0.1, 0.15) is 0 Å². The van der Waals surface area contributed by atoms with Gasteiger partial charge in [0.15, 0.2) is 0 Å². The molecule has 1 fully saturated rings. The van der Waals surface area contributed by atoms with Crippen LogP contribution in [0.1, 0.15) is 55.4 Å². The number of hydrogen-bond donors (Lipinski definition) is 1. The molecule has 0 radical (unpaired) electrons. The summed E-state index contributed by atoms with van der Waals surface area (Å²) in [5.74, 6) is 1.63. The molecule has 1 aliphatic carbocycles. The van der Waals surface area contributed by atoms with Crippen molar-refractivity contribution in [3.8, 4) is 0 Å². The first-order valence-corrected chi connectivity index (χ1v) is 8.80. The molecule has 1 heterocycles. The van der Waals surface area contributed by atoms with Gasteiger partial charge in [-0.1, -0.05) is 20.8 Å². The zero-order valence-electron chi connectivity index (χ0n) is 13.4. The van der Waals surface area contributed by atoms with E-state index in [1.165, 1.54) is 34.6 Å². The van der Waals surface area contributed by atoms with Crippen molar-refractivity contribution in [2.24, 2.45) is 11.8 Å². The van der Waals surface area contributed by atoms with Crippen LogP contribution in [0.3, 0.4) is 0 Å². The maximum atomic E-state index is 6.19. The van der Waals surface area contributed by atoms with E-state index in [4.69, 9.17) is 4.74 Å². The van der Waals surface area contributed by atoms with Crippen LogP contribution in [0.4, 0.5) is 0 Å². The molecule has 0 saturated heterocycles. The van der Waals surface area contributed by atoms with Gasteiger partial charge in [-0.05, 0) is 56.2 Å². The van der Waals surface area contributed by atoms with Crippen LogP contribution in [0.2, 0.25) is 0 Å². The summed E-state index contributed by atoms with van der Waals surface area (Å²) in [5, 5.41) is 3.39. The molecule has 1 aliphatic rings. The highest BCUT2D eigenvalue weighted by atomic mass is 32.1. The lowest BCUT2D eigenvalue weighted by molar-refractivity contribution is -0.00920. The second-order valence-corrected chi connectivity index (χ2v) is 7.77. The largest absolute Gasteiger partial charge is 0.373 e. The summed E-state index contributed by atoms with van der Waals surface area (Å²) in [5.41, 5.74) is 1.38. The minimum atomic E-state index is 0.463. The summed E-state index contributed by atoms with van der Waals surface area (Å²) in [4.78, 5) is 2.84. The minimum Gasteiger partial charge on any atom is -0.373 e. The van der Waals surface area contributed by atoms with Gasteiger partial charge in [0.2, 0.25) is 0 Å². The number of thiophene rings is 1. The molecule has 0 aliphatic heterocycles. The van der Waals surface area contributed by atoms with E-state index in [9.17, 15) is 0 Å². The Labute approximate surface area is 127 Å². The van der Waals surface area contributed by atoms with Crippen molar-refractivity contribution in [3.63, 3.8) is 0 Å². The van der Waals surface area contributed by atoms with E-state index in [0.717, 1.165) is 31.5 Å². The van der Waals surface area contributed by atoms with Crippen LogP contribution in [0.25, 0.3) is 0 Å². The minimum absolute atomic E-state index is 0.463. The number of nitrogens with one attached hydrogen (secondary N) is 1. The van der Waals surface area contributed by atoms with Crippen LogP contribution in [0.15, 0.2) is 6.07 Å². The van der Waals surface area contributed by atoms with Gasteiger partial charge >= 0.3 is 0 Å². The summed E-state index contributed by atoms with van der Waals surface area (Å²) in [6.45, 7) is 11.9. The van der Waals surface area contributed by atoms with Crippen LogP contribution < -0.4 is 5.32 Å². The van der Waals surface area contributed by atoms with Gasteiger partial charge in [0, 0.05) is 16.3 Å². The lowest BCUT2D eigenvalue weighted by atomic mass is 9.82. The molecule has 20 heavy (non-hydrogen) atoms. The molecule has 2 unspecified atom stereocenters. The van der Waals surface area contributed by atoms with E-state index in [1.807, 2.05) is 11.3 Å². The molecule has 3 heteroatoms. The molecule has 1 aromatic heterocycles. The van der Waals surface area contributed by atoms with Crippen molar-refractivity contribution in [1.29, 1.82) is 0 Å². The van der Waals surface area contributed by atoms with Crippen molar-refractivity contribution in [1.82, 2.24) is 5.32 Å². The average molecular weight is 295 g/mol. The molecular formula is C17H29NOS. The molecule has 1 aromatic rings. The summed E-state index contributed by atoms with van der Waals surface area (Å²) < 4.78 is 6.19. The summed E-state index contributed by atoms with van der Waals surface area (Å²) in [6.07, 6.45) is 4.30. The van der Waals surface area contributed by atoms with E-state index in [0.29, 0.717) is 6.10 Å². The second kappa shape index (κ2) is 7.58. The first kappa shape index (κ1) is 16.0. The van der Waals surface area contributed by atoms with Crippen molar-refractivity contribution >= 4 is 11.3 Å². The van der Waals surface area contributed by atoms with Gasteiger partial charge in [-0.25, -0.2) is 0 Å². The van der Waals surface area contributed by atoms with Crippen molar-refractivity contribution < 1.29 is 4.74 Å². The van der Waals surface area contributed by atoms with E-state index < -0.39 is 0 Å². The standard InChI is InChI=1S/C17H29NOS/c1-5-18-10-17-9-15(14(4)20-17)11-19-16-7-12(2)6-13(3)8-16/h9,12-13,16,18H,5-8,10-11H2,1-4H3. The third kappa shape index (κ3) is 4.57. The summed E-state index contributed by atoms with van der Waals surface area (Å²) in [6, 6.07) is 2.32. The van der Waals surface area contributed by atoms with E-state index in [2.05, 4.69) is 39.1 Å². The number of aryl methyl sites for hydroxylation is 1. The average Bonchev–Trinajstić information content (AvgIpc) is 2.73. The Kier molecular flexibility index (Phi) is 6.06. The van der Waals surface area contributed by atoms with Gasteiger partial charge in [-0.15, -0.1) is 11.3 Å². The molecule has 0 amide bonds. The Morgan fingerprint density at radius 1 is 1.25 bits per heavy atom. The molecule has 2 atom stereocenters. The molecule has 0 bridgehead atoms. The quantitative estimate of drug-likeness (QED) is 0.834. The maximum absolute atomic E-state index is 6.19. The highest BCUT2D eigenvalue weighted by molar-refractivity contribution is 7.12. The van der Waals surface area contributed by atoms with Gasteiger partial charge in [-0.3, -0.25) is 0 Å². The molecular weight excluding hydrogens is 266 g/mol. The van der Waals surface area contributed by atoms with Gasteiger partial charge in [-0.2, -0.15) is 0 Å². The van der Waals surface area contributed by atoms with E-state index >= 15 is 0 Å². The molecule has 2 rings (SSSR count). The van der Waals surface area contributed by atoms with Gasteiger partial charge in [0.05, 0.1) is 12.7 Å². The fourth-order valence-electron chi connectivity index (χ4n) is 3.28. The van der Waals surface area contributed by atoms with Gasteiger partial charge in [0.25, 0.3) is 0 Å². The summed E-state index contributed by atoms with van der Waals surface area (Å²) >= 11 is 1.90. The molecule has 1 saturated carbocycles. The lowest BCUT2D eigenvalue weighted by Gasteiger charge is -2.31. The SMILES string of the molecule is CCNCc1cc(COC2CC(C)CC(C)C2)c(C)s1. The number of ether oxygens (including phenoxy) is 1. The van der Waals surface area contributed by atoms with Crippen LogP contribution in [0, 0.1) is 18.8 Å². The smallest absolute Gasteiger partial charge is 0.0731 e. The topological polar surface area (TPSA) is 21.3 Å².